The van der Waals surface area contributed by atoms with Crippen molar-refractivity contribution in [2.75, 3.05) is 5.32 Å². The minimum Gasteiger partial charge on any atom is -0.318 e. The fraction of sp³-hybridized carbons (Fsp3) is 0.0870. The van der Waals surface area contributed by atoms with Crippen LogP contribution in [0.15, 0.2) is 65.1 Å². The lowest BCUT2D eigenvalue weighted by Gasteiger charge is -2.08. The third-order valence-electron chi connectivity index (χ3n) is 4.77. The average Bonchev–Trinajstić information content (AvgIpc) is 3.19. The van der Waals surface area contributed by atoms with Crippen molar-refractivity contribution < 1.29 is 4.79 Å². The molecule has 0 aliphatic carbocycles. The van der Waals surface area contributed by atoms with Crippen molar-refractivity contribution in [1.82, 2.24) is 14.8 Å². The van der Waals surface area contributed by atoms with Crippen LogP contribution in [0.5, 0.6) is 0 Å². The van der Waals surface area contributed by atoms with Crippen LogP contribution in [0.3, 0.4) is 0 Å². The van der Waals surface area contributed by atoms with Crippen LogP contribution in [0.4, 0.5) is 5.69 Å². The first-order valence-electron chi connectivity index (χ1n) is 9.39. The van der Waals surface area contributed by atoms with Gasteiger partial charge in [0, 0.05) is 15.1 Å². The molecule has 0 unspecified atom stereocenters. The van der Waals surface area contributed by atoms with Crippen LogP contribution in [0.2, 0.25) is 10.0 Å². The van der Waals surface area contributed by atoms with Crippen molar-refractivity contribution in [2.24, 2.45) is 0 Å². The molecule has 1 heterocycles. The van der Waals surface area contributed by atoms with Gasteiger partial charge in [0.2, 0.25) is 5.82 Å². The second-order valence-corrected chi connectivity index (χ2v) is 8.73. The molecule has 3 aromatic carbocycles. The van der Waals surface area contributed by atoms with E-state index in [0.29, 0.717) is 27.2 Å². The Morgan fingerprint density at radius 1 is 0.968 bits per heavy atom. The molecule has 0 atom stereocenters. The lowest BCUT2D eigenvalue weighted by atomic mass is 10.2. The summed E-state index contributed by atoms with van der Waals surface area (Å²) in [5, 5.41) is 8.36. The number of anilines is 1. The molecule has 0 radical (unpaired) electrons. The molecule has 0 saturated heterocycles. The van der Waals surface area contributed by atoms with Gasteiger partial charge in [0.1, 0.15) is 0 Å². The number of aromatic nitrogens is 3. The highest BCUT2D eigenvalue weighted by molar-refractivity contribution is 9.10. The highest BCUT2D eigenvalue weighted by atomic mass is 79.9. The molecule has 5 nitrogen and oxygen atoms in total. The van der Waals surface area contributed by atoms with E-state index in [4.69, 9.17) is 23.2 Å². The van der Waals surface area contributed by atoms with E-state index in [1.807, 2.05) is 62.4 Å². The summed E-state index contributed by atoms with van der Waals surface area (Å²) in [5.41, 5.74) is 3.84. The number of carbonyl (C=O) groups is 1. The summed E-state index contributed by atoms with van der Waals surface area (Å²) in [7, 11) is 0. The number of para-hydroxylation sites is 1. The Morgan fingerprint density at radius 2 is 1.71 bits per heavy atom. The van der Waals surface area contributed by atoms with Gasteiger partial charge in [-0.05, 0) is 55.3 Å². The zero-order valence-electron chi connectivity index (χ0n) is 16.7. The first-order valence-corrected chi connectivity index (χ1v) is 10.9. The van der Waals surface area contributed by atoms with E-state index in [-0.39, 0.29) is 5.82 Å². The fourth-order valence-corrected chi connectivity index (χ4v) is 3.76. The maximum atomic E-state index is 13.0. The average molecular weight is 516 g/mol. The van der Waals surface area contributed by atoms with E-state index in [1.165, 1.54) is 0 Å². The van der Waals surface area contributed by atoms with Gasteiger partial charge in [-0.1, -0.05) is 69.5 Å². The van der Waals surface area contributed by atoms with E-state index in [2.05, 4.69) is 31.3 Å². The number of halogens is 3. The van der Waals surface area contributed by atoms with Gasteiger partial charge in [-0.3, -0.25) is 4.79 Å². The predicted octanol–water partition coefficient (Wildman–Crippen LogP) is 6.87. The minimum absolute atomic E-state index is 0.0222. The van der Waals surface area contributed by atoms with Gasteiger partial charge >= 0.3 is 0 Å². The summed E-state index contributed by atoms with van der Waals surface area (Å²) >= 11 is 16.0. The molecule has 1 amide bonds. The standard InChI is InChI=1S/C23H17BrCl2N4O/c1-13-6-11-17(12-19(13)26)30-22(15-7-9-16(24)10-8-15)28-21(29-30)23(31)27-20-14(2)4-3-5-18(20)25/h3-12H,1-2H3,(H,27,31). The first kappa shape index (κ1) is 21.6. The third-order valence-corrected chi connectivity index (χ3v) is 6.02. The highest BCUT2D eigenvalue weighted by Gasteiger charge is 2.20. The molecule has 1 aromatic heterocycles. The number of hydrogen-bond acceptors (Lipinski definition) is 3. The van der Waals surface area contributed by atoms with Crippen LogP contribution in [-0.4, -0.2) is 20.7 Å². The maximum absolute atomic E-state index is 13.0. The number of benzene rings is 3. The van der Waals surface area contributed by atoms with Crippen molar-refractivity contribution in [1.29, 1.82) is 0 Å². The van der Waals surface area contributed by atoms with Crippen molar-refractivity contribution in [3.05, 3.63) is 92.1 Å². The second kappa shape index (κ2) is 8.83. The molecule has 0 aliphatic heterocycles. The van der Waals surface area contributed by atoms with Crippen molar-refractivity contribution in [3.8, 4) is 17.1 Å². The summed E-state index contributed by atoms with van der Waals surface area (Å²) in [5.74, 6) is 0.0916. The lowest BCUT2D eigenvalue weighted by molar-refractivity contribution is 0.101. The van der Waals surface area contributed by atoms with Gasteiger partial charge in [-0.25, -0.2) is 9.67 Å². The molecule has 0 aliphatic rings. The fourth-order valence-electron chi connectivity index (χ4n) is 3.05. The van der Waals surface area contributed by atoms with Crippen LogP contribution < -0.4 is 5.32 Å². The highest BCUT2D eigenvalue weighted by Crippen LogP contribution is 2.28. The first-order chi connectivity index (χ1) is 14.8. The van der Waals surface area contributed by atoms with Gasteiger partial charge < -0.3 is 5.32 Å². The van der Waals surface area contributed by atoms with Gasteiger partial charge in [0.25, 0.3) is 5.91 Å². The summed E-state index contributed by atoms with van der Waals surface area (Å²) in [4.78, 5) is 17.5. The van der Waals surface area contributed by atoms with E-state index < -0.39 is 5.91 Å². The van der Waals surface area contributed by atoms with Crippen LogP contribution >= 0.6 is 39.1 Å². The number of hydrogen-bond donors (Lipinski definition) is 1. The van der Waals surface area contributed by atoms with Crippen LogP contribution in [0, 0.1) is 13.8 Å². The number of carbonyl (C=O) groups excluding carboxylic acids is 1. The zero-order valence-corrected chi connectivity index (χ0v) is 19.8. The number of rotatable bonds is 4. The predicted molar refractivity (Wildman–Crippen MR) is 128 cm³/mol. The molecule has 1 N–H and O–H groups in total. The van der Waals surface area contributed by atoms with Crippen LogP contribution in [0.1, 0.15) is 21.7 Å². The van der Waals surface area contributed by atoms with E-state index in [9.17, 15) is 4.79 Å². The lowest BCUT2D eigenvalue weighted by Crippen LogP contribution is -2.15. The normalized spacial score (nSPS) is 10.9. The Hall–Kier alpha value is -2.67. The Kier molecular flexibility index (Phi) is 6.14. The Balaban J connectivity index is 1.80. The molecule has 31 heavy (non-hydrogen) atoms. The van der Waals surface area contributed by atoms with Crippen molar-refractivity contribution in [2.45, 2.75) is 13.8 Å². The van der Waals surface area contributed by atoms with Crippen molar-refractivity contribution >= 4 is 50.7 Å². The summed E-state index contributed by atoms with van der Waals surface area (Å²) in [6, 6.07) is 18.6. The minimum atomic E-state index is -0.452. The molecule has 8 heteroatoms. The second-order valence-electron chi connectivity index (χ2n) is 7.00. The molecule has 0 bridgehead atoms. The summed E-state index contributed by atoms with van der Waals surface area (Å²) < 4.78 is 2.55. The molecule has 156 valence electrons. The smallest absolute Gasteiger partial charge is 0.295 e. The molecule has 4 aromatic rings. The molecule has 0 saturated carbocycles. The number of aryl methyl sites for hydroxylation is 2. The van der Waals surface area contributed by atoms with Gasteiger partial charge in [-0.2, -0.15) is 0 Å². The van der Waals surface area contributed by atoms with Gasteiger partial charge in [0.05, 0.1) is 16.4 Å². The Bertz CT molecular complexity index is 1270. The van der Waals surface area contributed by atoms with Crippen LogP contribution in [-0.2, 0) is 0 Å². The number of nitrogens with zero attached hydrogens (tertiary/aromatic N) is 3. The van der Waals surface area contributed by atoms with E-state index >= 15 is 0 Å². The molecule has 4 rings (SSSR count). The molecular weight excluding hydrogens is 499 g/mol. The summed E-state index contributed by atoms with van der Waals surface area (Å²) in [6.07, 6.45) is 0. The topological polar surface area (TPSA) is 59.8 Å². The number of amides is 1. The van der Waals surface area contributed by atoms with Crippen molar-refractivity contribution in [3.63, 3.8) is 0 Å². The quantitative estimate of drug-likeness (QED) is 0.322. The van der Waals surface area contributed by atoms with E-state index in [1.54, 1.807) is 16.8 Å². The monoisotopic (exact) mass is 514 g/mol. The molecule has 0 spiro atoms. The SMILES string of the molecule is Cc1ccc(-n2nc(C(=O)Nc3c(C)cccc3Cl)nc2-c2ccc(Br)cc2)cc1Cl. The van der Waals surface area contributed by atoms with E-state index in [0.717, 1.165) is 21.2 Å². The summed E-state index contributed by atoms with van der Waals surface area (Å²) in [6.45, 7) is 3.79. The van der Waals surface area contributed by atoms with Crippen LogP contribution in [0.25, 0.3) is 17.1 Å². The molecule has 0 fully saturated rings. The van der Waals surface area contributed by atoms with Gasteiger partial charge in [-0.15, -0.1) is 5.10 Å². The van der Waals surface area contributed by atoms with Gasteiger partial charge in [0.15, 0.2) is 5.82 Å². The Morgan fingerprint density at radius 3 is 2.39 bits per heavy atom. The zero-order chi connectivity index (χ0) is 22.1. The molecular formula is C23H17BrCl2N4O. The largest absolute Gasteiger partial charge is 0.318 e. The maximum Gasteiger partial charge on any atom is 0.295 e. The Labute approximate surface area is 198 Å². The number of nitrogens with one attached hydrogen (secondary N) is 1. The third kappa shape index (κ3) is 4.51.